The van der Waals surface area contributed by atoms with Crippen LogP contribution >= 0.6 is 0 Å². The maximum absolute atomic E-state index is 11.2. The van der Waals surface area contributed by atoms with E-state index in [1.165, 1.54) is 0 Å². The van der Waals surface area contributed by atoms with Gasteiger partial charge in [-0.15, -0.1) is 0 Å². The first-order valence-electron chi connectivity index (χ1n) is 4.21. The van der Waals surface area contributed by atoms with E-state index in [1.54, 1.807) is 0 Å². The number of fused-ring (bicyclic) bond motifs is 1. The molecule has 0 bridgehead atoms. The molecule has 1 aliphatic carbocycles. The van der Waals surface area contributed by atoms with Crippen molar-refractivity contribution in [3.8, 4) is 0 Å². The first kappa shape index (κ1) is 8.11. The number of rotatable bonds is 0. The van der Waals surface area contributed by atoms with Gasteiger partial charge in [-0.25, -0.2) is 0 Å². The minimum Gasteiger partial charge on any atom is -0.465 e. The fourth-order valence-electron chi connectivity index (χ4n) is 2.28. The molecule has 12 heavy (non-hydrogen) atoms. The van der Waals surface area contributed by atoms with E-state index in [0.29, 0.717) is 6.61 Å². The Morgan fingerprint density at radius 1 is 1.75 bits per heavy atom. The largest absolute Gasteiger partial charge is 0.465 e. The van der Waals surface area contributed by atoms with Crippen molar-refractivity contribution in [2.75, 3.05) is 6.61 Å². The van der Waals surface area contributed by atoms with Crippen LogP contribution in [0.2, 0.25) is 5.31 Å². The molecule has 1 N–H and O–H groups in total. The summed E-state index contributed by atoms with van der Waals surface area (Å²) in [6, 6.07) is 0. The predicted octanol–water partition coefficient (Wildman–Crippen LogP) is -0.113. The van der Waals surface area contributed by atoms with Gasteiger partial charge in [0.05, 0.1) is 25.9 Å². The molecule has 1 unspecified atom stereocenters. The second kappa shape index (κ2) is 2.25. The number of aliphatic hydroxyl groups is 1. The third-order valence-electron chi connectivity index (χ3n) is 3.13. The Labute approximate surface area is 72.5 Å². The van der Waals surface area contributed by atoms with Crippen molar-refractivity contribution in [3.63, 3.8) is 0 Å². The van der Waals surface area contributed by atoms with Crippen molar-refractivity contribution < 1.29 is 14.6 Å². The minimum atomic E-state index is -1.11. The van der Waals surface area contributed by atoms with Crippen LogP contribution in [0.3, 0.4) is 0 Å². The average Bonchev–Trinajstić information content (AvgIpc) is 2.41. The summed E-state index contributed by atoms with van der Waals surface area (Å²) in [6.07, 6.45) is 0.0427. The Morgan fingerprint density at radius 2 is 2.42 bits per heavy atom. The Bertz CT molecular complexity index is 226. The highest BCUT2D eigenvalue weighted by Crippen LogP contribution is 2.54. The second-order valence-electron chi connectivity index (χ2n) is 3.89. The molecule has 4 atom stereocenters. The van der Waals surface area contributed by atoms with Gasteiger partial charge >= 0.3 is 5.97 Å². The zero-order chi connectivity index (χ0) is 8.93. The quantitative estimate of drug-likeness (QED) is 0.403. The molecule has 2 rings (SSSR count). The van der Waals surface area contributed by atoms with Gasteiger partial charge in [0.2, 0.25) is 0 Å². The third kappa shape index (κ3) is 0.737. The molecule has 1 saturated carbocycles. The van der Waals surface area contributed by atoms with Crippen LogP contribution < -0.4 is 0 Å². The lowest BCUT2D eigenvalue weighted by Crippen LogP contribution is -2.34. The van der Waals surface area contributed by atoms with Gasteiger partial charge in [0, 0.05) is 5.92 Å². The molecule has 4 heteroatoms. The van der Waals surface area contributed by atoms with Crippen LogP contribution in [0.5, 0.6) is 0 Å². The summed E-state index contributed by atoms with van der Waals surface area (Å²) in [5.41, 5.74) is 0. The number of aliphatic hydroxyl groups excluding tert-OH is 1. The molecule has 0 spiro atoms. The summed E-state index contributed by atoms with van der Waals surface area (Å²) in [5, 5.41) is 8.56. The van der Waals surface area contributed by atoms with Gasteiger partial charge in [-0.2, -0.15) is 0 Å². The molecule has 0 aromatic carbocycles. The summed E-state index contributed by atoms with van der Waals surface area (Å²) in [4.78, 5) is 11.2. The maximum Gasteiger partial charge on any atom is 0.306 e. The lowest BCUT2D eigenvalue weighted by molar-refractivity contribution is -0.143. The van der Waals surface area contributed by atoms with Gasteiger partial charge in [0.15, 0.2) is 0 Å². The molecule has 2 radical (unpaired) electrons. The van der Waals surface area contributed by atoms with Gasteiger partial charge in [-0.05, 0) is 12.3 Å². The van der Waals surface area contributed by atoms with Gasteiger partial charge in [0.25, 0.3) is 0 Å². The Kier molecular flexibility index (Phi) is 1.52. The number of cyclic esters (lactones) is 1. The zero-order valence-electron chi connectivity index (χ0n) is 6.99. The number of hydrogen-bond acceptors (Lipinski definition) is 3. The summed E-state index contributed by atoms with van der Waals surface area (Å²) in [7, 11) is 5.82. The Hall–Kier alpha value is -0.505. The molecular weight excluding hydrogens is 155 g/mol. The highest BCUT2D eigenvalue weighted by molar-refractivity contribution is 6.28. The van der Waals surface area contributed by atoms with Crippen molar-refractivity contribution in [2.45, 2.75) is 24.8 Å². The predicted molar refractivity (Wildman–Crippen MR) is 42.7 cm³/mol. The lowest BCUT2D eigenvalue weighted by Gasteiger charge is -2.24. The lowest BCUT2D eigenvalue weighted by atomic mass is 9.62. The fourth-order valence-corrected chi connectivity index (χ4v) is 2.28. The van der Waals surface area contributed by atoms with E-state index in [2.05, 4.69) is 0 Å². The van der Waals surface area contributed by atoms with E-state index in [4.69, 9.17) is 12.6 Å². The molecule has 1 heterocycles. The first-order chi connectivity index (χ1) is 5.56. The summed E-state index contributed by atoms with van der Waals surface area (Å²) < 4.78 is 4.82. The number of carbonyl (C=O) groups is 1. The van der Waals surface area contributed by atoms with Crippen LogP contribution in [0.1, 0.15) is 13.3 Å². The normalized spacial score (nSPS) is 52.2. The van der Waals surface area contributed by atoms with Crippen molar-refractivity contribution >= 4 is 13.8 Å². The molecule has 0 amide bonds. The topological polar surface area (TPSA) is 46.5 Å². The summed E-state index contributed by atoms with van der Waals surface area (Å²) in [5.74, 6) is -0.327. The van der Waals surface area contributed by atoms with Gasteiger partial charge in [-0.3, -0.25) is 4.79 Å². The maximum atomic E-state index is 11.2. The molecular formula is C8H11BO3. The SMILES string of the molecule is [B]C12C(=O)OC[C@H]1C[C@@H](C)[C@H]2O. The van der Waals surface area contributed by atoms with Crippen LogP contribution in [0.15, 0.2) is 0 Å². The first-order valence-corrected chi connectivity index (χ1v) is 4.21. The average molecular weight is 166 g/mol. The Morgan fingerprint density at radius 3 is 3.00 bits per heavy atom. The van der Waals surface area contributed by atoms with Crippen molar-refractivity contribution in [1.82, 2.24) is 0 Å². The number of carbonyl (C=O) groups excluding carboxylic acids is 1. The van der Waals surface area contributed by atoms with Crippen molar-refractivity contribution in [2.24, 2.45) is 11.8 Å². The van der Waals surface area contributed by atoms with Gasteiger partial charge < -0.3 is 9.84 Å². The molecule has 3 nitrogen and oxygen atoms in total. The van der Waals surface area contributed by atoms with Crippen LogP contribution in [0.4, 0.5) is 0 Å². The molecule has 2 aliphatic rings. The van der Waals surface area contributed by atoms with Crippen molar-refractivity contribution in [3.05, 3.63) is 0 Å². The van der Waals surface area contributed by atoms with E-state index in [0.717, 1.165) is 6.42 Å². The van der Waals surface area contributed by atoms with Crippen LogP contribution in [0, 0.1) is 11.8 Å². The highest BCUT2D eigenvalue weighted by Gasteiger charge is 2.58. The second-order valence-corrected chi connectivity index (χ2v) is 3.89. The molecule has 0 aromatic rings. The third-order valence-corrected chi connectivity index (χ3v) is 3.13. The molecule has 0 aromatic heterocycles. The summed E-state index contributed by atoms with van der Waals surface area (Å²) >= 11 is 0. The van der Waals surface area contributed by atoms with Gasteiger partial charge in [0.1, 0.15) is 0 Å². The highest BCUT2D eigenvalue weighted by atomic mass is 16.5. The minimum absolute atomic E-state index is 0.00926. The Balaban J connectivity index is 2.34. The van der Waals surface area contributed by atoms with Crippen LogP contribution in [0.25, 0.3) is 0 Å². The standard InChI is InChI=1S/C8H11BO3/c1-4-2-5-3-12-7(11)8(5,9)6(4)10/h4-6,10H,2-3H2,1H3/t4-,5-,6-,8?/m1/s1. The monoisotopic (exact) mass is 166 g/mol. The van der Waals surface area contributed by atoms with Crippen LogP contribution in [-0.4, -0.2) is 31.6 Å². The molecule has 1 aliphatic heterocycles. The summed E-state index contributed by atoms with van der Waals surface area (Å²) in [6.45, 7) is 2.28. The number of hydrogen-bond donors (Lipinski definition) is 1. The molecule has 2 fully saturated rings. The van der Waals surface area contributed by atoms with Crippen LogP contribution in [-0.2, 0) is 9.53 Å². The number of esters is 1. The zero-order valence-corrected chi connectivity index (χ0v) is 6.99. The van der Waals surface area contributed by atoms with E-state index in [-0.39, 0.29) is 11.8 Å². The smallest absolute Gasteiger partial charge is 0.306 e. The number of ether oxygens (including phenoxy) is 1. The van der Waals surface area contributed by atoms with Crippen molar-refractivity contribution in [1.29, 1.82) is 0 Å². The molecule has 64 valence electrons. The fraction of sp³-hybridized carbons (Fsp3) is 0.875. The van der Waals surface area contributed by atoms with Gasteiger partial charge in [-0.1, -0.05) is 6.92 Å². The van der Waals surface area contributed by atoms with E-state index in [1.807, 2.05) is 6.92 Å². The van der Waals surface area contributed by atoms with E-state index in [9.17, 15) is 9.90 Å². The van der Waals surface area contributed by atoms with E-state index < -0.39 is 17.4 Å². The van der Waals surface area contributed by atoms with E-state index >= 15 is 0 Å². The molecule has 1 saturated heterocycles.